The molecule has 2 N–H and O–H groups in total. The van der Waals surface area contributed by atoms with Crippen LogP contribution >= 0.6 is 0 Å². The van der Waals surface area contributed by atoms with Gasteiger partial charge in [0.2, 0.25) is 0 Å². The summed E-state index contributed by atoms with van der Waals surface area (Å²) < 4.78 is 30.0. The van der Waals surface area contributed by atoms with E-state index in [-0.39, 0.29) is 24.4 Å². The molecule has 0 saturated carbocycles. The summed E-state index contributed by atoms with van der Waals surface area (Å²) >= 11 is 0. The van der Waals surface area contributed by atoms with Gasteiger partial charge in [-0.1, -0.05) is 60.7 Å². The van der Waals surface area contributed by atoms with E-state index >= 15 is 0 Å². The zero-order valence-corrected chi connectivity index (χ0v) is 18.8. The van der Waals surface area contributed by atoms with Crippen LogP contribution in [0.2, 0.25) is 0 Å². The molecular weight excluding hydrogens is 440 g/mol. The number of benzene rings is 2. The summed E-state index contributed by atoms with van der Waals surface area (Å²) in [7, 11) is 0. The highest BCUT2D eigenvalue weighted by Crippen LogP contribution is 2.37. The number of rotatable bonds is 7. The summed E-state index contributed by atoms with van der Waals surface area (Å²) in [4.78, 5) is 11.9. The van der Waals surface area contributed by atoms with E-state index in [1.54, 1.807) is 0 Å². The van der Waals surface area contributed by atoms with Crippen LogP contribution in [0.3, 0.4) is 0 Å². The Morgan fingerprint density at radius 2 is 1.47 bits per heavy atom. The summed E-state index contributed by atoms with van der Waals surface area (Å²) in [5, 5.41) is 20.3. The predicted molar refractivity (Wildman–Crippen MR) is 120 cm³/mol. The average Bonchev–Trinajstić information content (AvgIpc) is 2.86. The number of aliphatic hydroxyl groups is 2. The first-order valence-corrected chi connectivity index (χ1v) is 11.7. The van der Waals surface area contributed by atoms with Crippen LogP contribution in [0.5, 0.6) is 0 Å². The number of fused-ring (bicyclic) bond motifs is 2. The summed E-state index contributed by atoms with van der Waals surface area (Å²) in [6.45, 7) is 1.22. The van der Waals surface area contributed by atoms with Crippen LogP contribution in [0, 0.1) is 0 Å². The number of carbonyl (C=O) groups is 1. The Balaban J connectivity index is 1.26. The molecule has 8 heteroatoms. The van der Waals surface area contributed by atoms with E-state index in [4.69, 9.17) is 23.7 Å². The zero-order valence-electron chi connectivity index (χ0n) is 18.8. The van der Waals surface area contributed by atoms with E-state index in [2.05, 4.69) is 0 Å². The Labute approximate surface area is 198 Å². The predicted octanol–water partition coefficient (Wildman–Crippen LogP) is 1.75. The van der Waals surface area contributed by atoms with Crippen molar-refractivity contribution < 1.29 is 38.7 Å². The summed E-state index contributed by atoms with van der Waals surface area (Å²) in [6, 6.07) is 19.8. The molecule has 0 unspecified atom stereocenters. The third-order valence-corrected chi connectivity index (χ3v) is 6.68. The number of carbonyl (C=O) groups excluding carboxylic acids is 1. The fraction of sp³-hybridized carbons (Fsp3) is 0.500. The van der Waals surface area contributed by atoms with Crippen molar-refractivity contribution in [3.8, 4) is 0 Å². The first-order chi connectivity index (χ1) is 16.6. The first-order valence-electron chi connectivity index (χ1n) is 11.7. The van der Waals surface area contributed by atoms with Gasteiger partial charge in [0, 0.05) is 12.8 Å². The Kier molecular flexibility index (Phi) is 7.24. The molecule has 3 aliphatic rings. The van der Waals surface area contributed by atoms with E-state index in [0.717, 1.165) is 11.1 Å². The minimum atomic E-state index is -1.61. The molecule has 8 atom stereocenters. The highest BCUT2D eigenvalue weighted by atomic mass is 16.6. The maximum Gasteiger partial charge on any atom is 0.338 e. The maximum absolute atomic E-state index is 11.9. The highest BCUT2D eigenvalue weighted by molar-refractivity contribution is 5.76. The van der Waals surface area contributed by atoms with Crippen molar-refractivity contribution in [3.63, 3.8) is 0 Å². The normalized spacial score (nSPS) is 35.2. The van der Waals surface area contributed by atoms with Crippen molar-refractivity contribution in [1.29, 1.82) is 0 Å². The SMILES string of the molecule is O=C1O[C@@H]2C[C@@H]3O[C@H](COCc4ccccc4)[C@@H](OCc4ccccc4)C[C@H]3O[C@H]2[C@@H](O)[C@H]1O. The van der Waals surface area contributed by atoms with Crippen molar-refractivity contribution in [1.82, 2.24) is 0 Å². The molecule has 0 spiro atoms. The summed E-state index contributed by atoms with van der Waals surface area (Å²) in [6.07, 6.45) is -4.79. The molecule has 0 amide bonds. The van der Waals surface area contributed by atoms with Crippen LogP contribution in [0.4, 0.5) is 0 Å². The highest BCUT2D eigenvalue weighted by Gasteiger charge is 2.53. The standard InChI is InChI=1S/C26H30O8/c27-23-24(28)26(29)34-21-12-19-20(33-25(21)23)11-18(31-14-17-9-5-2-6-10-17)22(32-19)15-30-13-16-7-3-1-4-8-16/h1-10,18-25,27-28H,11-15H2/t18-,19-,20+,21+,22+,23-,24+,25+/m0/s1. The van der Waals surface area contributed by atoms with Gasteiger partial charge in [-0.05, 0) is 11.1 Å². The number of hydrogen-bond donors (Lipinski definition) is 2. The molecule has 0 radical (unpaired) electrons. The van der Waals surface area contributed by atoms with Gasteiger partial charge in [-0.3, -0.25) is 0 Å². The number of esters is 1. The molecule has 2 aromatic rings. The molecule has 0 bridgehead atoms. The zero-order chi connectivity index (χ0) is 23.5. The van der Waals surface area contributed by atoms with Crippen molar-refractivity contribution in [2.24, 2.45) is 0 Å². The van der Waals surface area contributed by atoms with Crippen molar-refractivity contribution in [2.75, 3.05) is 6.61 Å². The number of ether oxygens (including phenoxy) is 5. The van der Waals surface area contributed by atoms with Gasteiger partial charge in [0.15, 0.2) is 6.10 Å². The molecule has 182 valence electrons. The van der Waals surface area contributed by atoms with Gasteiger partial charge in [-0.2, -0.15) is 0 Å². The summed E-state index contributed by atoms with van der Waals surface area (Å²) in [5.41, 5.74) is 2.12. The Morgan fingerprint density at radius 3 is 2.18 bits per heavy atom. The van der Waals surface area contributed by atoms with E-state index in [9.17, 15) is 15.0 Å². The van der Waals surface area contributed by atoms with E-state index in [0.29, 0.717) is 32.7 Å². The van der Waals surface area contributed by atoms with Crippen LogP contribution in [0.25, 0.3) is 0 Å². The fourth-order valence-corrected chi connectivity index (χ4v) is 4.86. The Hall–Kier alpha value is -2.33. The lowest BCUT2D eigenvalue weighted by Crippen LogP contribution is -2.64. The van der Waals surface area contributed by atoms with Gasteiger partial charge >= 0.3 is 5.97 Å². The third-order valence-electron chi connectivity index (χ3n) is 6.68. The molecule has 0 aliphatic carbocycles. The molecule has 2 aromatic carbocycles. The van der Waals surface area contributed by atoms with Crippen molar-refractivity contribution >= 4 is 5.97 Å². The van der Waals surface area contributed by atoms with Crippen LogP contribution in [0.1, 0.15) is 24.0 Å². The van der Waals surface area contributed by atoms with Crippen molar-refractivity contribution in [2.45, 2.75) is 74.9 Å². The average molecular weight is 471 g/mol. The lowest BCUT2D eigenvalue weighted by molar-refractivity contribution is -0.289. The lowest BCUT2D eigenvalue weighted by Gasteiger charge is -2.50. The van der Waals surface area contributed by atoms with Crippen LogP contribution < -0.4 is 0 Å². The molecule has 3 saturated heterocycles. The van der Waals surface area contributed by atoms with Crippen LogP contribution in [-0.4, -0.2) is 71.6 Å². The third kappa shape index (κ3) is 5.17. The lowest BCUT2D eigenvalue weighted by atomic mass is 9.86. The topological polar surface area (TPSA) is 104 Å². The monoisotopic (exact) mass is 470 g/mol. The van der Waals surface area contributed by atoms with Crippen molar-refractivity contribution in [3.05, 3.63) is 71.8 Å². The Bertz CT molecular complexity index is 938. The molecule has 3 fully saturated rings. The molecular formula is C26H30O8. The van der Waals surface area contributed by atoms with Crippen LogP contribution in [-0.2, 0) is 41.7 Å². The molecule has 34 heavy (non-hydrogen) atoms. The van der Waals surface area contributed by atoms with E-state index in [1.807, 2.05) is 60.7 Å². The van der Waals surface area contributed by atoms with Gasteiger partial charge < -0.3 is 33.9 Å². The molecule has 8 nitrogen and oxygen atoms in total. The smallest absolute Gasteiger partial charge is 0.338 e. The molecule has 5 rings (SSSR count). The first kappa shape index (κ1) is 23.4. The van der Waals surface area contributed by atoms with Gasteiger partial charge in [0.05, 0.1) is 38.1 Å². The van der Waals surface area contributed by atoms with Gasteiger partial charge in [0.25, 0.3) is 0 Å². The minimum Gasteiger partial charge on any atom is -0.457 e. The van der Waals surface area contributed by atoms with Gasteiger partial charge in [-0.15, -0.1) is 0 Å². The van der Waals surface area contributed by atoms with Gasteiger partial charge in [0.1, 0.15) is 24.4 Å². The second-order valence-corrected chi connectivity index (χ2v) is 9.07. The summed E-state index contributed by atoms with van der Waals surface area (Å²) in [5.74, 6) is -0.835. The molecule has 0 aromatic heterocycles. The number of aliphatic hydroxyl groups excluding tert-OH is 2. The fourth-order valence-electron chi connectivity index (χ4n) is 4.86. The Morgan fingerprint density at radius 1 is 0.824 bits per heavy atom. The largest absolute Gasteiger partial charge is 0.457 e. The maximum atomic E-state index is 11.9. The second kappa shape index (κ2) is 10.5. The van der Waals surface area contributed by atoms with Gasteiger partial charge in [-0.25, -0.2) is 4.79 Å². The second-order valence-electron chi connectivity index (χ2n) is 9.07. The van der Waals surface area contributed by atoms with E-state index < -0.39 is 30.4 Å². The van der Waals surface area contributed by atoms with Crippen LogP contribution in [0.15, 0.2) is 60.7 Å². The number of hydrogen-bond acceptors (Lipinski definition) is 8. The molecule has 3 aliphatic heterocycles. The van der Waals surface area contributed by atoms with E-state index in [1.165, 1.54) is 0 Å². The molecule has 3 heterocycles. The minimum absolute atomic E-state index is 0.290. The quantitative estimate of drug-likeness (QED) is 0.590.